The Balaban J connectivity index is 1.51. The number of thioether (sulfide) groups is 1. The molecule has 1 amide bonds. The third-order valence-corrected chi connectivity index (χ3v) is 7.34. The van der Waals surface area contributed by atoms with Gasteiger partial charge >= 0.3 is 0 Å². The van der Waals surface area contributed by atoms with Crippen LogP contribution in [0.15, 0.2) is 82.7 Å². The van der Waals surface area contributed by atoms with Crippen LogP contribution in [-0.4, -0.2) is 27.3 Å². The largest absolute Gasteiger partial charge is 0.311 e. The molecule has 7 heteroatoms. The minimum atomic E-state index is -0.415. The van der Waals surface area contributed by atoms with Gasteiger partial charge in [0.2, 0.25) is 5.91 Å². The minimum absolute atomic E-state index is 0.0108. The maximum absolute atomic E-state index is 13.4. The van der Waals surface area contributed by atoms with Crippen LogP contribution in [0.4, 0.5) is 5.69 Å². The van der Waals surface area contributed by atoms with Gasteiger partial charge in [-0.25, -0.2) is 4.98 Å². The van der Waals surface area contributed by atoms with Crippen molar-refractivity contribution in [1.82, 2.24) is 9.55 Å². The molecule has 0 bridgehead atoms. The quantitative estimate of drug-likeness (QED) is 0.295. The van der Waals surface area contributed by atoms with E-state index >= 15 is 0 Å². The summed E-state index contributed by atoms with van der Waals surface area (Å²) in [6.45, 7) is 2.82. The molecule has 5 nitrogen and oxygen atoms in total. The van der Waals surface area contributed by atoms with Gasteiger partial charge in [-0.05, 0) is 48.7 Å². The van der Waals surface area contributed by atoms with Gasteiger partial charge in [-0.3, -0.25) is 14.2 Å². The number of nitrogens with zero attached hydrogens (tertiary/aromatic N) is 3. The minimum Gasteiger partial charge on any atom is -0.311 e. The fourth-order valence-electron chi connectivity index (χ4n) is 4.17. The highest BCUT2D eigenvalue weighted by Gasteiger charge is 2.29. The highest BCUT2D eigenvalue weighted by atomic mass is 35.5. The van der Waals surface area contributed by atoms with E-state index in [1.807, 2.05) is 66.4 Å². The number of hydrogen-bond donors (Lipinski definition) is 0. The Hall–Kier alpha value is -3.09. The lowest BCUT2D eigenvalue weighted by atomic mass is 10.2. The topological polar surface area (TPSA) is 55.2 Å². The fraction of sp³-hybridized carbons (Fsp3) is 0.192. The monoisotopic (exact) mass is 475 g/mol. The molecule has 5 rings (SSSR count). The summed E-state index contributed by atoms with van der Waals surface area (Å²) in [6.07, 6.45) is 0.852. The molecule has 0 radical (unpaired) electrons. The predicted octanol–water partition coefficient (Wildman–Crippen LogP) is 5.17. The summed E-state index contributed by atoms with van der Waals surface area (Å²) < 4.78 is 1.62. The normalized spacial score (nSPS) is 13.8. The number of carbonyl (C=O) groups is 1. The first-order chi connectivity index (χ1) is 16.0. The lowest BCUT2D eigenvalue weighted by Gasteiger charge is -2.22. The highest BCUT2D eigenvalue weighted by molar-refractivity contribution is 8.00. The molecule has 166 valence electrons. The Labute approximate surface area is 201 Å². The zero-order chi connectivity index (χ0) is 22.9. The van der Waals surface area contributed by atoms with Crippen LogP contribution in [-0.2, 0) is 17.8 Å². The molecule has 0 saturated carbocycles. The molecule has 4 aromatic rings. The Bertz CT molecular complexity index is 1420. The van der Waals surface area contributed by atoms with Gasteiger partial charge in [0.15, 0.2) is 5.16 Å². The number of amides is 1. The van der Waals surface area contributed by atoms with Crippen LogP contribution < -0.4 is 10.5 Å². The third-order valence-electron chi connectivity index (χ3n) is 5.90. The van der Waals surface area contributed by atoms with Crippen molar-refractivity contribution in [1.29, 1.82) is 0 Å². The Kier molecular flexibility index (Phi) is 5.96. The Morgan fingerprint density at radius 2 is 1.79 bits per heavy atom. The molecular weight excluding hydrogens is 454 g/mol. The van der Waals surface area contributed by atoms with Crippen molar-refractivity contribution in [2.75, 3.05) is 11.4 Å². The van der Waals surface area contributed by atoms with Gasteiger partial charge in [0.25, 0.3) is 5.56 Å². The van der Waals surface area contributed by atoms with Crippen LogP contribution in [0.2, 0.25) is 5.02 Å². The smallest absolute Gasteiger partial charge is 0.262 e. The summed E-state index contributed by atoms with van der Waals surface area (Å²) in [5.41, 5.74) is 3.45. The van der Waals surface area contributed by atoms with E-state index in [4.69, 9.17) is 16.6 Å². The molecule has 3 aromatic carbocycles. The number of aromatic nitrogens is 2. The fourth-order valence-corrected chi connectivity index (χ4v) is 5.33. The van der Waals surface area contributed by atoms with E-state index in [1.165, 1.54) is 17.3 Å². The van der Waals surface area contributed by atoms with E-state index in [1.54, 1.807) is 16.7 Å². The van der Waals surface area contributed by atoms with Gasteiger partial charge in [-0.1, -0.05) is 71.9 Å². The van der Waals surface area contributed by atoms with Crippen molar-refractivity contribution in [3.63, 3.8) is 0 Å². The summed E-state index contributed by atoms with van der Waals surface area (Å²) in [7, 11) is 0. The summed E-state index contributed by atoms with van der Waals surface area (Å²) in [4.78, 5) is 33.4. The van der Waals surface area contributed by atoms with Crippen molar-refractivity contribution in [2.45, 2.75) is 30.3 Å². The Morgan fingerprint density at radius 1 is 1.06 bits per heavy atom. The van der Waals surface area contributed by atoms with Gasteiger partial charge in [-0.2, -0.15) is 0 Å². The predicted molar refractivity (Wildman–Crippen MR) is 134 cm³/mol. The molecule has 1 aliphatic rings. The Morgan fingerprint density at radius 3 is 2.64 bits per heavy atom. The number of hydrogen-bond acceptors (Lipinski definition) is 4. The molecule has 33 heavy (non-hydrogen) atoms. The summed E-state index contributed by atoms with van der Waals surface area (Å²) in [5.74, 6) is 0.0108. The van der Waals surface area contributed by atoms with Crippen LogP contribution in [0.1, 0.15) is 18.1 Å². The van der Waals surface area contributed by atoms with Crippen LogP contribution in [0.5, 0.6) is 0 Å². The molecular formula is C26H22ClN3O2S. The van der Waals surface area contributed by atoms with Gasteiger partial charge in [0, 0.05) is 17.3 Å². The lowest BCUT2D eigenvalue weighted by Crippen LogP contribution is -2.35. The van der Waals surface area contributed by atoms with E-state index in [0.29, 0.717) is 27.6 Å². The second kappa shape index (κ2) is 9.04. The van der Waals surface area contributed by atoms with E-state index < -0.39 is 5.25 Å². The molecule has 1 atom stereocenters. The number of halogens is 1. The van der Waals surface area contributed by atoms with E-state index in [2.05, 4.69) is 6.07 Å². The second-order valence-corrected chi connectivity index (χ2v) is 9.74. The van der Waals surface area contributed by atoms with Crippen LogP contribution in [0.25, 0.3) is 10.9 Å². The first-order valence-electron chi connectivity index (χ1n) is 10.8. The molecule has 0 unspecified atom stereocenters. The second-order valence-electron chi connectivity index (χ2n) is 8.02. The summed E-state index contributed by atoms with van der Waals surface area (Å²) >= 11 is 7.70. The van der Waals surface area contributed by atoms with Crippen molar-refractivity contribution in [3.8, 4) is 0 Å². The summed E-state index contributed by atoms with van der Waals surface area (Å²) in [5, 5.41) is 1.22. The number of rotatable bonds is 5. The molecule has 0 spiro atoms. The average Bonchev–Trinajstić information content (AvgIpc) is 3.26. The van der Waals surface area contributed by atoms with Gasteiger partial charge in [0.05, 0.1) is 22.7 Å². The zero-order valence-electron chi connectivity index (χ0n) is 18.1. The first kappa shape index (κ1) is 21.7. The number of carbonyl (C=O) groups excluding carboxylic acids is 1. The third kappa shape index (κ3) is 4.16. The van der Waals surface area contributed by atoms with Crippen LogP contribution in [0, 0.1) is 0 Å². The van der Waals surface area contributed by atoms with Gasteiger partial charge < -0.3 is 4.90 Å². The number of anilines is 1. The van der Waals surface area contributed by atoms with Crippen LogP contribution in [0.3, 0.4) is 0 Å². The zero-order valence-corrected chi connectivity index (χ0v) is 19.6. The van der Waals surface area contributed by atoms with E-state index in [9.17, 15) is 9.59 Å². The maximum Gasteiger partial charge on any atom is 0.262 e. The molecule has 1 aliphatic heterocycles. The average molecular weight is 476 g/mol. The van der Waals surface area contributed by atoms with Gasteiger partial charge in [-0.15, -0.1) is 0 Å². The maximum atomic E-state index is 13.4. The number of benzene rings is 3. The molecule has 0 aliphatic carbocycles. The molecule has 0 fully saturated rings. The standard InChI is InChI=1S/C26H22ClN3O2S/c1-17(24(31)29-15-14-18-8-3-7-13-23(18)29)33-26-28-22-12-6-4-10-20(22)25(32)30(26)16-19-9-2-5-11-21(19)27/h2-13,17H,14-16H2,1H3/t17-/m1/s1. The molecule has 0 N–H and O–H groups in total. The van der Waals surface area contributed by atoms with Crippen molar-refractivity contribution in [3.05, 3.63) is 99.3 Å². The number of para-hydroxylation sites is 2. The van der Waals surface area contributed by atoms with E-state index in [-0.39, 0.29) is 18.0 Å². The lowest BCUT2D eigenvalue weighted by molar-refractivity contribution is -0.117. The highest BCUT2D eigenvalue weighted by Crippen LogP contribution is 2.31. The van der Waals surface area contributed by atoms with Crippen molar-refractivity contribution in [2.24, 2.45) is 0 Å². The van der Waals surface area contributed by atoms with E-state index in [0.717, 1.165) is 17.7 Å². The molecule has 1 aromatic heterocycles. The van der Waals surface area contributed by atoms with Gasteiger partial charge in [0.1, 0.15) is 0 Å². The van der Waals surface area contributed by atoms with Crippen molar-refractivity contribution < 1.29 is 4.79 Å². The SMILES string of the molecule is C[C@@H](Sc1nc2ccccc2c(=O)n1Cc1ccccc1Cl)C(=O)N1CCc2ccccc21. The number of fused-ring (bicyclic) bond motifs is 2. The van der Waals surface area contributed by atoms with Crippen molar-refractivity contribution >= 4 is 45.9 Å². The first-order valence-corrected chi connectivity index (χ1v) is 12.1. The van der Waals surface area contributed by atoms with Crippen LogP contribution >= 0.6 is 23.4 Å². The summed E-state index contributed by atoms with van der Waals surface area (Å²) in [6, 6.07) is 22.7. The molecule has 2 heterocycles. The molecule has 0 saturated heterocycles.